The standard InChI is InChI=1S/C30H31N7.C25H33N7O2.C23H30N8O2/c1-20-14-15-24-23(16-18-31-27(24)19-20)11-8-17-32-28-35-29(33-25-12-6-4-9-21(25)2)37-30(36-28)34-26-13-7-5-10-22(26)3;1-18-3-6-21-20(7-8-26-22(21)17-18)5-4-19(2)27-23-28-24(31-9-13-33-14-10-31)30-25(29-23)32-11-15-34-16-12-32;1-17-2-3-18-19(4-5-24-20(18)16-17)25-6-7-26-21-27-22(30-8-12-32-13-9-30)29-23(28-21)31-10-14-33-15-11-31/h4-7,9-10,12-16,18-19H,8,11,17H2,1-3H3,(H3,32,33,34,35,36,37);3,6-8,17,19H,4-5,9-16H2,1-2H3,(H,27,28,29,30);2-5,16H,6-15H2,1H3,(H,24,25)(H,26,27,28,29). The van der Waals surface area contributed by atoms with E-state index in [1.807, 2.05) is 61.1 Å². The number of hydrogen-bond acceptors (Lipinski definition) is 26. The number of ether oxygens (including phenoxy) is 4. The minimum atomic E-state index is 0.200. The predicted octanol–water partition coefficient (Wildman–Crippen LogP) is 11.6. The van der Waals surface area contributed by atoms with Crippen molar-refractivity contribution in [1.29, 1.82) is 0 Å². The van der Waals surface area contributed by atoms with Gasteiger partial charge in [-0.1, -0.05) is 72.8 Å². The van der Waals surface area contributed by atoms with Crippen LogP contribution in [-0.2, 0) is 31.8 Å². The number of pyridine rings is 3. The van der Waals surface area contributed by atoms with E-state index < -0.39 is 0 Å². The zero-order chi connectivity index (χ0) is 71.4. The Hall–Kier alpha value is -10.8. The zero-order valence-corrected chi connectivity index (χ0v) is 60.4. The van der Waals surface area contributed by atoms with Gasteiger partial charge in [0.2, 0.25) is 53.5 Å². The molecule has 540 valence electrons. The topological polar surface area (TPSA) is 277 Å². The molecule has 4 aliphatic rings. The summed E-state index contributed by atoms with van der Waals surface area (Å²) < 4.78 is 22.0. The number of nitrogens with one attached hydrogen (secondary N) is 6. The fraction of sp³-hybridized carbons (Fsp3) is 0.385. The number of fused-ring (bicyclic) bond motifs is 3. The summed E-state index contributed by atoms with van der Waals surface area (Å²) in [4.78, 5) is 64.6. The quantitative estimate of drug-likeness (QED) is 0.0325. The Morgan fingerprint density at radius 3 is 1.22 bits per heavy atom. The predicted molar refractivity (Wildman–Crippen MR) is 415 cm³/mol. The summed E-state index contributed by atoms with van der Waals surface area (Å²) >= 11 is 0. The molecule has 0 aliphatic carbocycles. The van der Waals surface area contributed by atoms with Crippen molar-refractivity contribution in [3.63, 3.8) is 0 Å². The molecule has 10 heterocycles. The number of para-hydroxylation sites is 2. The number of hydrogen-bond donors (Lipinski definition) is 6. The summed E-state index contributed by atoms with van der Waals surface area (Å²) in [5, 5.41) is 24.1. The largest absolute Gasteiger partial charge is 0.383 e. The van der Waals surface area contributed by atoms with Crippen LogP contribution in [-0.4, -0.2) is 191 Å². The number of aryl methyl sites for hydroxylation is 7. The monoisotopic (exact) mass is 1400 g/mol. The van der Waals surface area contributed by atoms with Crippen LogP contribution in [0.25, 0.3) is 32.7 Å². The van der Waals surface area contributed by atoms with E-state index >= 15 is 0 Å². The summed E-state index contributed by atoms with van der Waals surface area (Å²) in [5.74, 6) is 5.52. The molecule has 4 fully saturated rings. The van der Waals surface area contributed by atoms with Crippen LogP contribution in [0.3, 0.4) is 0 Å². The highest BCUT2D eigenvalue weighted by Gasteiger charge is 2.24. The molecule has 104 heavy (non-hydrogen) atoms. The van der Waals surface area contributed by atoms with Gasteiger partial charge in [0.15, 0.2) is 0 Å². The fourth-order valence-corrected chi connectivity index (χ4v) is 12.7. The third kappa shape index (κ3) is 19.5. The maximum Gasteiger partial charge on any atom is 0.233 e. The molecule has 0 amide bonds. The molecular weight excluding hydrogens is 1310 g/mol. The van der Waals surface area contributed by atoms with E-state index in [1.54, 1.807) is 0 Å². The minimum Gasteiger partial charge on any atom is -0.383 e. The average Bonchev–Trinajstić information content (AvgIpc) is 0.849. The lowest BCUT2D eigenvalue weighted by Crippen LogP contribution is -2.40. The fourth-order valence-electron chi connectivity index (χ4n) is 12.7. The van der Waals surface area contributed by atoms with E-state index in [9.17, 15) is 0 Å². The lowest BCUT2D eigenvalue weighted by atomic mass is 10.0. The second kappa shape index (κ2) is 35.4. The van der Waals surface area contributed by atoms with Crippen LogP contribution in [0.4, 0.5) is 70.6 Å². The molecule has 0 spiro atoms. The van der Waals surface area contributed by atoms with Crippen molar-refractivity contribution in [3.8, 4) is 0 Å². The van der Waals surface area contributed by atoms with Crippen LogP contribution in [0.5, 0.6) is 0 Å². The summed E-state index contributed by atoms with van der Waals surface area (Å²) in [5.41, 5.74) is 14.6. The van der Waals surface area contributed by atoms with Crippen LogP contribution in [0.2, 0.25) is 0 Å². The number of morpholine rings is 4. The molecule has 1 unspecified atom stereocenters. The van der Waals surface area contributed by atoms with Crippen LogP contribution in [0.1, 0.15) is 58.7 Å². The number of nitrogens with zero attached hydrogens (tertiary/aromatic N) is 16. The SMILES string of the molecule is Cc1ccc2c(CCC(C)Nc3nc(N4CCOCC4)nc(N4CCOCC4)n3)ccnc2c1.Cc1ccc2c(CCCNc3nc(Nc4ccccc4C)nc(Nc4ccccc4C)n3)ccnc2c1.Cc1ccc2c(NCCNc3nc(N4CCOCC4)nc(N4CCOCC4)n3)ccnc2c1. The first-order valence-corrected chi connectivity index (χ1v) is 36.2. The third-order valence-electron chi connectivity index (χ3n) is 18.5. The molecule has 11 aromatic rings. The first-order chi connectivity index (χ1) is 51.0. The highest BCUT2D eigenvalue weighted by molar-refractivity contribution is 5.91. The first-order valence-electron chi connectivity index (χ1n) is 36.2. The van der Waals surface area contributed by atoms with Gasteiger partial charge in [0.25, 0.3) is 0 Å². The van der Waals surface area contributed by atoms with Crippen molar-refractivity contribution in [2.75, 3.05) is 176 Å². The third-order valence-corrected chi connectivity index (χ3v) is 18.5. The lowest BCUT2D eigenvalue weighted by molar-refractivity contribution is 0.121. The molecule has 4 aliphatic heterocycles. The van der Waals surface area contributed by atoms with Crippen molar-refractivity contribution in [2.45, 2.75) is 73.3 Å². The van der Waals surface area contributed by atoms with Crippen molar-refractivity contribution in [1.82, 2.24) is 59.8 Å². The Bertz CT molecular complexity index is 4510. The van der Waals surface area contributed by atoms with Crippen LogP contribution in [0.15, 0.2) is 140 Å². The van der Waals surface area contributed by atoms with Gasteiger partial charge in [-0.2, -0.15) is 44.9 Å². The highest BCUT2D eigenvalue weighted by atomic mass is 16.5. The van der Waals surface area contributed by atoms with Gasteiger partial charge in [-0.25, -0.2) is 0 Å². The zero-order valence-electron chi connectivity index (χ0n) is 60.4. The molecule has 0 saturated carbocycles. The molecular formula is C78H94N22O4. The summed E-state index contributed by atoms with van der Waals surface area (Å²) in [7, 11) is 0. The summed E-state index contributed by atoms with van der Waals surface area (Å²) in [6.07, 6.45) is 9.41. The normalized spacial score (nSPS) is 15.0. The molecule has 6 N–H and O–H groups in total. The van der Waals surface area contributed by atoms with E-state index in [-0.39, 0.29) is 6.04 Å². The molecule has 6 aromatic heterocycles. The van der Waals surface area contributed by atoms with E-state index in [1.165, 1.54) is 38.6 Å². The molecule has 4 saturated heterocycles. The maximum absolute atomic E-state index is 5.51. The lowest BCUT2D eigenvalue weighted by Gasteiger charge is -2.30. The van der Waals surface area contributed by atoms with Gasteiger partial charge in [-0.15, -0.1) is 0 Å². The van der Waals surface area contributed by atoms with Crippen molar-refractivity contribution in [3.05, 3.63) is 179 Å². The van der Waals surface area contributed by atoms with E-state index in [2.05, 4.69) is 202 Å². The van der Waals surface area contributed by atoms with Crippen LogP contribution >= 0.6 is 0 Å². The summed E-state index contributed by atoms with van der Waals surface area (Å²) in [6.45, 7) is 26.5. The van der Waals surface area contributed by atoms with Gasteiger partial charge in [0.1, 0.15) is 0 Å². The molecule has 15 rings (SSSR count). The molecule has 1 atom stereocenters. The summed E-state index contributed by atoms with van der Waals surface area (Å²) in [6, 6.07) is 41.8. The molecule has 0 bridgehead atoms. The van der Waals surface area contributed by atoms with Gasteiger partial charge >= 0.3 is 0 Å². The number of anilines is 12. The number of aromatic nitrogens is 12. The Morgan fingerprint density at radius 2 is 0.750 bits per heavy atom. The number of rotatable bonds is 23. The van der Waals surface area contributed by atoms with Crippen molar-refractivity contribution < 1.29 is 18.9 Å². The Kier molecular flexibility index (Phi) is 24.4. The smallest absolute Gasteiger partial charge is 0.233 e. The maximum atomic E-state index is 5.51. The minimum absolute atomic E-state index is 0.200. The van der Waals surface area contributed by atoms with Crippen LogP contribution < -0.4 is 51.5 Å². The highest BCUT2D eigenvalue weighted by Crippen LogP contribution is 2.28. The van der Waals surface area contributed by atoms with Gasteiger partial charge in [-0.3, -0.25) is 15.0 Å². The molecule has 0 radical (unpaired) electrons. The second-order valence-electron chi connectivity index (χ2n) is 26.4. The van der Waals surface area contributed by atoms with Gasteiger partial charge in [-0.05, 0) is 155 Å². The Labute approximate surface area is 607 Å². The number of benzene rings is 5. The van der Waals surface area contributed by atoms with Crippen LogP contribution in [0, 0.1) is 34.6 Å². The molecule has 5 aromatic carbocycles. The Morgan fingerprint density at radius 1 is 0.365 bits per heavy atom. The van der Waals surface area contributed by atoms with Gasteiger partial charge in [0, 0.05) is 130 Å². The van der Waals surface area contributed by atoms with E-state index in [0.29, 0.717) is 113 Å². The first kappa shape index (κ1) is 71.6. The average molecular weight is 1400 g/mol. The van der Waals surface area contributed by atoms with Gasteiger partial charge in [0.05, 0.1) is 69.4 Å². The van der Waals surface area contributed by atoms with Gasteiger partial charge < -0.3 is 70.4 Å². The second-order valence-corrected chi connectivity index (χ2v) is 26.4. The van der Waals surface area contributed by atoms with E-state index in [4.69, 9.17) is 48.9 Å². The van der Waals surface area contributed by atoms with Crippen molar-refractivity contribution in [2.24, 2.45) is 0 Å². The Balaban J connectivity index is 0.000000139. The van der Waals surface area contributed by atoms with Crippen molar-refractivity contribution >= 4 is 103 Å². The van der Waals surface area contributed by atoms with E-state index in [0.717, 1.165) is 141 Å². The molecule has 26 heteroatoms. The molecule has 26 nitrogen and oxygen atoms in total.